The Hall–Kier alpha value is -8.94. The van der Waals surface area contributed by atoms with Gasteiger partial charge in [-0.1, -0.05) is 31.5 Å². The molecule has 0 aliphatic carbocycles. The third kappa shape index (κ3) is 13.1. The first-order valence-corrected chi connectivity index (χ1v) is 26.3. The van der Waals surface area contributed by atoms with Crippen molar-refractivity contribution in [2.75, 3.05) is 38.6 Å². The van der Waals surface area contributed by atoms with Crippen LogP contribution in [0.4, 0.5) is 56.9 Å². The van der Waals surface area contributed by atoms with Crippen molar-refractivity contribution in [2.45, 2.75) is 43.1 Å². The van der Waals surface area contributed by atoms with E-state index >= 15 is 0 Å². The lowest BCUT2D eigenvalue weighted by atomic mass is 10.1. The number of aliphatic hydroxyl groups excluding tert-OH is 1. The van der Waals surface area contributed by atoms with Crippen LogP contribution < -0.4 is 30.0 Å². The summed E-state index contributed by atoms with van der Waals surface area (Å²) in [6, 6.07) is 32.9. The molecule has 0 saturated heterocycles. The minimum Gasteiger partial charge on any atom is -0.505 e. The quantitative estimate of drug-likeness (QED) is 0.0128. The van der Waals surface area contributed by atoms with Gasteiger partial charge in [-0.3, -0.25) is 9.11 Å². The molecular weight excluding hydrogens is 1030 g/mol. The highest BCUT2D eigenvalue weighted by Gasteiger charge is 2.22. The Morgan fingerprint density at radius 1 is 0.571 bits per heavy atom. The number of nitrogen functional groups attached to an aromatic ring is 1. The van der Waals surface area contributed by atoms with Crippen molar-refractivity contribution >= 4 is 98.7 Å². The summed E-state index contributed by atoms with van der Waals surface area (Å²) in [6.07, 6.45) is 1.48. The number of benzene rings is 8. The number of aromatic hydroxyl groups is 1. The van der Waals surface area contributed by atoms with E-state index in [1.165, 1.54) is 32.4 Å². The molecular formula is C53H50N10O12S2. The zero-order valence-electron chi connectivity index (χ0n) is 41.7. The predicted octanol–water partition coefficient (Wildman–Crippen LogP) is 13.9. The van der Waals surface area contributed by atoms with Crippen LogP contribution in [-0.2, 0) is 26.8 Å². The average Bonchev–Trinajstić information content (AvgIpc) is 3.45. The number of rotatable bonds is 21. The van der Waals surface area contributed by atoms with Crippen molar-refractivity contribution in [3.63, 3.8) is 0 Å². The molecule has 22 nitrogen and oxygen atoms in total. The van der Waals surface area contributed by atoms with E-state index in [4.69, 9.17) is 24.7 Å². The Morgan fingerprint density at radius 3 is 1.91 bits per heavy atom. The molecule has 8 aromatic rings. The molecule has 0 amide bonds. The van der Waals surface area contributed by atoms with Crippen molar-refractivity contribution in [1.29, 1.82) is 0 Å². The maximum Gasteiger partial charge on any atom is 0.296 e. The van der Waals surface area contributed by atoms with Crippen LogP contribution in [0.3, 0.4) is 0 Å². The van der Waals surface area contributed by atoms with Gasteiger partial charge in [0.25, 0.3) is 20.2 Å². The second-order valence-corrected chi connectivity index (χ2v) is 19.7. The molecule has 0 aromatic heterocycles. The number of fused-ring (bicyclic) bond motifs is 2. The van der Waals surface area contributed by atoms with Crippen LogP contribution in [-0.4, -0.2) is 63.7 Å². The van der Waals surface area contributed by atoms with Gasteiger partial charge in [0.1, 0.15) is 61.2 Å². The summed E-state index contributed by atoms with van der Waals surface area (Å²) in [5.74, 6) is 1.34. The molecule has 24 heteroatoms. The molecule has 7 N–H and O–H groups in total. The van der Waals surface area contributed by atoms with E-state index in [2.05, 4.69) is 46.2 Å². The van der Waals surface area contributed by atoms with Crippen LogP contribution in [0, 0.1) is 6.92 Å². The molecule has 0 spiro atoms. The summed E-state index contributed by atoms with van der Waals surface area (Å²) in [5, 5.41) is 60.8. The molecule has 0 unspecified atom stereocenters. The van der Waals surface area contributed by atoms with Gasteiger partial charge in [-0.05, 0) is 121 Å². The van der Waals surface area contributed by atoms with Crippen molar-refractivity contribution in [1.82, 2.24) is 0 Å². The van der Waals surface area contributed by atoms with Crippen molar-refractivity contribution in [3.05, 3.63) is 139 Å². The van der Waals surface area contributed by atoms with Gasteiger partial charge in [-0.2, -0.15) is 27.1 Å². The number of aryl methyl sites for hydroxylation is 1. The van der Waals surface area contributed by atoms with Gasteiger partial charge in [0.15, 0.2) is 12.5 Å². The number of hydrogen-bond acceptors (Lipinski definition) is 20. The van der Waals surface area contributed by atoms with Crippen LogP contribution in [0.25, 0.3) is 21.5 Å². The summed E-state index contributed by atoms with van der Waals surface area (Å²) < 4.78 is 92.0. The average molecular weight is 1080 g/mol. The predicted molar refractivity (Wildman–Crippen MR) is 289 cm³/mol. The van der Waals surface area contributed by atoms with E-state index in [-0.39, 0.29) is 64.1 Å². The maximum atomic E-state index is 12.4. The molecule has 0 fully saturated rings. The highest BCUT2D eigenvalue weighted by atomic mass is 32.2. The summed E-state index contributed by atoms with van der Waals surface area (Å²) in [6.45, 7) is 3.81. The third-order valence-corrected chi connectivity index (χ3v) is 13.5. The fourth-order valence-corrected chi connectivity index (χ4v) is 8.98. The molecule has 8 rings (SSSR count). The van der Waals surface area contributed by atoms with E-state index in [1.54, 1.807) is 91.9 Å². The number of phenols is 1. The highest BCUT2D eigenvalue weighted by molar-refractivity contribution is 7.86. The molecule has 0 radical (unpaired) electrons. The number of ether oxygens (including phenoxy) is 4. The van der Waals surface area contributed by atoms with Crippen LogP contribution in [0.2, 0.25) is 0 Å². The molecule has 396 valence electrons. The van der Waals surface area contributed by atoms with Crippen molar-refractivity contribution in [3.8, 4) is 28.7 Å². The van der Waals surface area contributed by atoms with Crippen LogP contribution in [0.5, 0.6) is 28.7 Å². The first-order valence-electron chi connectivity index (χ1n) is 23.4. The van der Waals surface area contributed by atoms with Crippen LogP contribution >= 0.6 is 0 Å². The van der Waals surface area contributed by atoms with Gasteiger partial charge in [-0.15, -0.1) is 30.7 Å². The number of methoxy groups -OCH3 is 2. The number of nitrogens with two attached hydrogens (primary N) is 1. The van der Waals surface area contributed by atoms with Gasteiger partial charge in [0, 0.05) is 45.9 Å². The third-order valence-electron chi connectivity index (χ3n) is 11.7. The number of unbranched alkanes of at least 4 members (excludes halogenated alkanes) is 1. The standard InChI is InChI=1S/C53H50N10O12S2/c1-5-6-20-74-50-25-37(14-19-41(50)57-63-47-26-40-32(24-52(47)77(69,70)71)8-7-9-51(40)76(66,67)68)56-59-43-27-48(72-3)45(21-31(43)2)61-60-44-28-49(73-4)46(23-34(44)29-64)62-58-42-18-10-33-22-36(13-17-39(33)53(42)65)55-30-75-38-15-11-35(54)12-16-38/h7-19,21-28,55,64-65H,5-6,20,29-30,54H2,1-4H3,(H,66,67,68)(H,69,70,71). The maximum absolute atomic E-state index is 12.4. The Kier molecular flexibility index (Phi) is 16.7. The summed E-state index contributed by atoms with van der Waals surface area (Å²) in [4.78, 5) is -1.14. The molecule has 0 atom stereocenters. The van der Waals surface area contributed by atoms with Gasteiger partial charge in [0.2, 0.25) is 0 Å². The number of nitrogens with one attached hydrogen (secondary N) is 1. The summed E-state index contributed by atoms with van der Waals surface area (Å²) in [7, 11) is -6.71. The second kappa shape index (κ2) is 23.7. The first kappa shape index (κ1) is 54.3. The minimum atomic E-state index is -4.88. The second-order valence-electron chi connectivity index (χ2n) is 16.9. The number of nitrogens with zero attached hydrogens (tertiary/aromatic N) is 8. The lowest BCUT2D eigenvalue weighted by molar-refractivity contribution is 0.282. The topological polar surface area (TPSA) is 323 Å². The zero-order chi connectivity index (χ0) is 54.9. The Labute approximate surface area is 441 Å². The number of anilines is 2. The molecule has 77 heavy (non-hydrogen) atoms. The lowest BCUT2D eigenvalue weighted by Crippen LogP contribution is -2.08. The van der Waals surface area contributed by atoms with E-state index in [1.807, 2.05) is 13.0 Å². The van der Waals surface area contributed by atoms with E-state index in [0.717, 1.165) is 35.7 Å². The number of aliphatic hydroxyl groups is 1. The Morgan fingerprint density at radius 2 is 1.21 bits per heavy atom. The zero-order valence-corrected chi connectivity index (χ0v) is 43.3. The molecule has 0 heterocycles. The Balaban J connectivity index is 0.996. The van der Waals surface area contributed by atoms with E-state index in [0.29, 0.717) is 57.2 Å². The Bertz CT molecular complexity index is 3880. The summed E-state index contributed by atoms with van der Waals surface area (Å²) in [5.41, 5.74) is 9.70. The smallest absolute Gasteiger partial charge is 0.296 e. The van der Waals surface area contributed by atoms with Crippen molar-refractivity contribution < 1.29 is 55.1 Å². The van der Waals surface area contributed by atoms with Gasteiger partial charge in [0.05, 0.1) is 44.5 Å². The first-order chi connectivity index (χ1) is 37.0. The molecule has 0 saturated carbocycles. The SMILES string of the molecule is CCCCOc1cc(N=Nc2cc(OC)c(N=Nc3cc(OC)c(N=Nc4ccc5cc(NCOc6ccc(N)cc6)ccc5c4O)cc3CO)cc2C)ccc1N=Nc1cc2c(S(=O)(=O)O)cccc2cc1S(=O)(=O)O. The number of azo groups is 4. The fraction of sp³-hybridized carbons (Fsp3) is 0.170. The van der Waals surface area contributed by atoms with Crippen LogP contribution in [0.15, 0.2) is 178 Å². The van der Waals surface area contributed by atoms with Gasteiger partial charge in [-0.25, -0.2) is 0 Å². The van der Waals surface area contributed by atoms with E-state index in [9.17, 15) is 36.2 Å². The number of hydrogen-bond donors (Lipinski definition) is 6. The van der Waals surface area contributed by atoms with Gasteiger partial charge < -0.3 is 40.2 Å². The molecule has 8 aromatic carbocycles. The van der Waals surface area contributed by atoms with Crippen molar-refractivity contribution in [2.24, 2.45) is 40.9 Å². The largest absolute Gasteiger partial charge is 0.505 e. The fourth-order valence-electron chi connectivity index (χ4n) is 7.63. The molecule has 0 aliphatic rings. The number of phenolic OH excluding ortho intramolecular Hbond substituents is 1. The monoisotopic (exact) mass is 1080 g/mol. The lowest BCUT2D eigenvalue weighted by Gasteiger charge is -2.11. The van der Waals surface area contributed by atoms with E-state index < -0.39 is 42.3 Å². The van der Waals surface area contributed by atoms with Gasteiger partial charge >= 0.3 is 0 Å². The summed E-state index contributed by atoms with van der Waals surface area (Å²) >= 11 is 0. The highest BCUT2D eigenvalue weighted by Crippen LogP contribution is 2.43. The van der Waals surface area contributed by atoms with Crippen LogP contribution in [0.1, 0.15) is 30.9 Å². The molecule has 0 aliphatic heterocycles. The normalized spacial score (nSPS) is 12.2. The minimum absolute atomic E-state index is 0.0536. The molecule has 0 bridgehead atoms.